The van der Waals surface area contributed by atoms with Crippen molar-refractivity contribution in [2.24, 2.45) is 11.3 Å². The van der Waals surface area contributed by atoms with Gasteiger partial charge < -0.3 is 15.1 Å². The van der Waals surface area contributed by atoms with Gasteiger partial charge in [-0.25, -0.2) is 0 Å². The zero-order valence-electron chi connectivity index (χ0n) is 14.3. The summed E-state index contributed by atoms with van der Waals surface area (Å²) in [5.41, 5.74) is -0.243. The largest absolute Gasteiger partial charge is 0.342 e. The number of piperidine rings is 2. The molecular formula is C17H33N3O. The number of nitrogens with zero attached hydrogens (tertiary/aromatic N) is 2. The van der Waals surface area contributed by atoms with Crippen LogP contribution in [0.25, 0.3) is 0 Å². The molecule has 2 fully saturated rings. The Hall–Kier alpha value is -0.610. The van der Waals surface area contributed by atoms with Gasteiger partial charge in [-0.05, 0) is 51.7 Å². The summed E-state index contributed by atoms with van der Waals surface area (Å²) in [6.45, 7) is 11.5. The lowest BCUT2D eigenvalue weighted by Gasteiger charge is -2.37. The minimum Gasteiger partial charge on any atom is -0.342 e. The van der Waals surface area contributed by atoms with Crippen LogP contribution in [0, 0.1) is 11.3 Å². The molecule has 0 bridgehead atoms. The van der Waals surface area contributed by atoms with E-state index in [-0.39, 0.29) is 5.41 Å². The number of carbonyl (C=O) groups is 1. The fraction of sp³-hybridized carbons (Fsp3) is 0.941. The van der Waals surface area contributed by atoms with Gasteiger partial charge in [-0.1, -0.05) is 20.8 Å². The first-order valence-electron chi connectivity index (χ1n) is 8.57. The summed E-state index contributed by atoms with van der Waals surface area (Å²) in [7, 11) is 2.22. The second kappa shape index (κ2) is 7.10. The highest BCUT2D eigenvalue weighted by molar-refractivity contribution is 5.81. The van der Waals surface area contributed by atoms with E-state index in [1.165, 1.54) is 25.9 Å². The molecule has 0 radical (unpaired) electrons. The minimum atomic E-state index is -0.243. The Balaban J connectivity index is 1.68. The second-order valence-electron chi connectivity index (χ2n) is 8.00. The zero-order valence-corrected chi connectivity index (χ0v) is 14.3. The number of hydrogen-bond donors (Lipinski definition) is 1. The SMILES string of the molecule is CN1CCCC(CNC2CCN(C(=O)C(C)(C)C)CC2)C1. The first kappa shape index (κ1) is 16.8. The van der Waals surface area contributed by atoms with Crippen molar-refractivity contribution >= 4 is 5.91 Å². The van der Waals surface area contributed by atoms with Crippen LogP contribution in [0.1, 0.15) is 46.5 Å². The quantitative estimate of drug-likeness (QED) is 0.864. The third-order valence-corrected chi connectivity index (χ3v) is 4.84. The monoisotopic (exact) mass is 295 g/mol. The summed E-state index contributed by atoms with van der Waals surface area (Å²) >= 11 is 0. The van der Waals surface area contributed by atoms with Gasteiger partial charge in [0.15, 0.2) is 0 Å². The summed E-state index contributed by atoms with van der Waals surface area (Å²) in [5, 5.41) is 3.75. The third kappa shape index (κ3) is 4.96. The molecule has 2 aliphatic heterocycles. The number of nitrogens with one attached hydrogen (secondary N) is 1. The molecule has 2 heterocycles. The maximum Gasteiger partial charge on any atom is 0.227 e. The fourth-order valence-electron chi connectivity index (χ4n) is 3.53. The van der Waals surface area contributed by atoms with Crippen LogP contribution in [0.5, 0.6) is 0 Å². The summed E-state index contributed by atoms with van der Waals surface area (Å²) in [5.74, 6) is 1.10. The summed E-state index contributed by atoms with van der Waals surface area (Å²) in [6.07, 6.45) is 4.90. The smallest absolute Gasteiger partial charge is 0.227 e. The molecule has 4 heteroatoms. The number of amides is 1. The molecular weight excluding hydrogens is 262 g/mol. The van der Waals surface area contributed by atoms with Crippen LogP contribution >= 0.6 is 0 Å². The molecule has 2 aliphatic rings. The molecule has 0 aliphatic carbocycles. The Morgan fingerprint density at radius 3 is 2.38 bits per heavy atom. The maximum atomic E-state index is 12.3. The Kier molecular flexibility index (Phi) is 5.67. The Bertz CT molecular complexity index is 342. The van der Waals surface area contributed by atoms with E-state index in [0.29, 0.717) is 11.9 Å². The Labute approximate surface area is 130 Å². The molecule has 21 heavy (non-hydrogen) atoms. The molecule has 1 unspecified atom stereocenters. The number of rotatable bonds is 3. The van der Waals surface area contributed by atoms with E-state index in [0.717, 1.165) is 38.4 Å². The van der Waals surface area contributed by atoms with Crippen LogP contribution in [-0.2, 0) is 4.79 Å². The lowest BCUT2D eigenvalue weighted by atomic mass is 9.92. The molecule has 2 rings (SSSR count). The molecule has 0 aromatic rings. The number of likely N-dealkylation sites (tertiary alicyclic amines) is 2. The highest BCUT2D eigenvalue weighted by atomic mass is 16.2. The van der Waals surface area contributed by atoms with Gasteiger partial charge in [0.25, 0.3) is 0 Å². The number of hydrogen-bond acceptors (Lipinski definition) is 3. The molecule has 1 N–H and O–H groups in total. The van der Waals surface area contributed by atoms with Crippen LogP contribution in [0.2, 0.25) is 0 Å². The summed E-state index contributed by atoms with van der Waals surface area (Å²) in [4.78, 5) is 16.8. The van der Waals surface area contributed by atoms with Gasteiger partial charge in [-0.3, -0.25) is 4.79 Å². The summed E-state index contributed by atoms with van der Waals surface area (Å²) < 4.78 is 0. The fourth-order valence-corrected chi connectivity index (χ4v) is 3.53. The molecule has 0 aromatic carbocycles. The normalized spacial score (nSPS) is 26.1. The van der Waals surface area contributed by atoms with Crippen LogP contribution in [0.15, 0.2) is 0 Å². The number of carbonyl (C=O) groups excluding carboxylic acids is 1. The molecule has 0 aromatic heterocycles. The van der Waals surface area contributed by atoms with Crippen molar-refractivity contribution in [1.29, 1.82) is 0 Å². The maximum absolute atomic E-state index is 12.3. The van der Waals surface area contributed by atoms with Gasteiger partial charge in [0.05, 0.1) is 0 Å². The van der Waals surface area contributed by atoms with Crippen molar-refractivity contribution in [2.75, 3.05) is 39.8 Å². The van der Waals surface area contributed by atoms with E-state index in [1.54, 1.807) is 0 Å². The van der Waals surface area contributed by atoms with Crippen LogP contribution < -0.4 is 5.32 Å². The van der Waals surface area contributed by atoms with Crippen molar-refractivity contribution in [2.45, 2.75) is 52.5 Å². The van der Waals surface area contributed by atoms with E-state index < -0.39 is 0 Å². The first-order valence-corrected chi connectivity index (χ1v) is 8.57. The predicted molar refractivity (Wildman–Crippen MR) is 87.3 cm³/mol. The third-order valence-electron chi connectivity index (χ3n) is 4.84. The van der Waals surface area contributed by atoms with E-state index >= 15 is 0 Å². The van der Waals surface area contributed by atoms with E-state index in [1.807, 2.05) is 25.7 Å². The van der Waals surface area contributed by atoms with Crippen molar-refractivity contribution < 1.29 is 4.79 Å². The van der Waals surface area contributed by atoms with Crippen LogP contribution in [0.4, 0.5) is 0 Å². The Morgan fingerprint density at radius 1 is 1.14 bits per heavy atom. The standard InChI is InChI=1S/C17H33N3O/c1-17(2,3)16(21)20-10-7-15(8-11-20)18-12-14-6-5-9-19(4)13-14/h14-15,18H,5-13H2,1-4H3. The lowest BCUT2D eigenvalue weighted by molar-refractivity contribution is -0.140. The molecule has 2 saturated heterocycles. The predicted octanol–water partition coefficient (Wildman–Crippen LogP) is 1.95. The lowest BCUT2D eigenvalue weighted by Crippen LogP contribution is -2.49. The van der Waals surface area contributed by atoms with Gasteiger partial charge in [0, 0.05) is 31.1 Å². The van der Waals surface area contributed by atoms with Gasteiger partial charge >= 0.3 is 0 Å². The van der Waals surface area contributed by atoms with Gasteiger partial charge in [-0.15, -0.1) is 0 Å². The second-order valence-corrected chi connectivity index (χ2v) is 8.00. The zero-order chi connectivity index (χ0) is 15.5. The average Bonchev–Trinajstić information content (AvgIpc) is 2.44. The highest BCUT2D eigenvalue weighted by Gasteiger charge is 2.30. The molecule has 4 nitrogen and oxygen atoms in total. The average molecular weight is 295 g/mol. The highest BCUT2D eigenvalue weighted by Crippen LogP contribution is 2.21. The van der Waals surface area contributed by atoms with Crippen LogP contribution in [-0.4, -0.2) is 61.5 Å². The topological polar surface area (TPSA) is 35.6 Å². The van der Waals surface area contributed by atoms with Gasteiger partial charge in [0.2, 0.25) is 5.91 Å². The van der Waals surface area contributed by atoms with Crippen molar-refractivity contribution in [3.05, 3.63) is 0 Å². The molecule has 0 saturated carbocycles. The van der Waals surface area contributed by atoms with Crippen molar-refractivity contribution in [1.82, 2.24) is 15.1 Å². The molecule has 1 atom stereocenters. The van der Waals surface area contributed by atoms with Gasteiger partial charge in [0.1, 0.15) is 0 Å². The minimum absolute atomic E-state index is 0.243. The first-order chi connectivity index (χ1) is 9.86. The van der Waals surface area contributed by atoms with E-state index in [9.17, 15) is 4.79 Å². The van der Waals surface area contributed by atoms with E-state index in [2.05, 4.69) is 17.3 Å². The summed E-state index contributed by atoms with van der Waals surface area (Å²) in [6, 6.07) is 0.598. The van der Waals surface area contributed by atoms with Gasteiger partial charge in [-0.2, -0.15) is 0 Å². The van der Waals surface area contributed by atoms with Crippen molar-refractivity contribution in [3.8, 4) is 0 Å². The van der Waals surface area contributed by atoms with Crippen LogP contribution in [0.3, 0.4) is 0 Å². The molecule has 0 spiro atoms. The van der Waals surface area contributed by atoms with Crippen molar-refractivity contribution in [3.63, 3.8) is 0 Å². The molecule has 122 valence electrons. The Morgan fingerprint density at radius 2 is 1.81 bits per heavy atom. The molecule has 1 amide bonds. The van der Waals surface area contributed by atoms with E-state index in [4.69, 9.17) is 0 Å².